The van der Waals surface area contributed by atoms with Gasteiger partial charge in [-0.15, -0.1) is 0 Å². The van der Waals surface area contributed by atoms with Gasteiger partial charge < -0.3 is 14.6 Å². The largest absolute Gasteiger partial charge is 0.496 e. The number of ether oxygens (including phenoxy) is 1. The monoisotopic (exact) mass is 352 g/mol. The van der Waals surface area contributed by atoms with Crippen LogP contribution >= 0.6 is 0 Å². The third-order valence-electron chi connectivity index (χ3n) is 5.24. The Bertz CT molecular complexity index is 942. The zero-order valence-corrected chi connectivity index (χ0v) is 14.7. The Morgan fingerprint density at radius 3 is 2.73 bits per heavy atom. The Morgan fingerprint density at radius 1 is 1.19 bits per heavy atom. The average Bonchev–Trinajstić information content (AvgIpc) is 3.10. The van der Waals surface area contributed by atoms with E-state index in [-0.39, 0.29) is 11.7 Å². The maximum atomic E-state index is 13.4. The molecule has 0 bridgehead atoms. The van der Waals surface area contributed by atoms with Crippen LogP contribution in [-0.4, -0.2) is 36.0 Å². The van der Waals surface area contributed by atoms with Crippen molar-refractivity contribution in [2.75, 3.05) is 20.2 Å². The fourth-order valence-corrected chi connectivity index (χ4v) is 3.84. The number of methoxy groups -OCH3 is 1. The van der Waals surface area contributed by atoms with Crippen molar-refractivity contribution in [3.05, 3.63) is 65.6 Å². The van der Waals surface area contributed by atoms with Crippen LogP contribution in [0.2, 0.25) is 0 Å². The predicted molar refractivity (Wildman–Crippen MR) is 99.1 cm³/mol. The molecule has 2 heterocycles. The molecule has 5 heteroatoms. The minimum absolute atomic E-state index is 0.0156. The zero-order valence-electron chi connectivity index (χ0n) is 14.7. The van der Waals surface area contributed by atoms with Crippen molar-refractivity contribution in [1.29, 1.82) is 0 Å². The SMILES string of the molecule is COc1ccccc1C(=O)N1CCC(c2c[nH]c3cc(F)ccc23)CC1. The summed E-state index contributed by atoms with van der Waals surface area (Å²) in [5.74, 6) is 0.763. The molecule has 1 amide bonds. The highest BCUT2D eigenvalue weighted by atomic mass is 19.1. The predicted octanol–water partition coefficient (Wildman–Crippen LogP) is 4.34. The number of nitrogens with zero attached hydrogens (tertiary/aromatic N) is 1. The maximum Gasteiger partial charge on any atom is 0.257 e. The van der Waals surface area contributed by atoms with E-state index in [4.69, 9.17) is 4.74 Å². The number of hydrogen-bond donors (Lipinski definition) is 1. The second-order valence-corrected chi connectivity index (χ2v) is 6.70. The van der Waals surface area contributed by atoms with Gasteiger partial charge in [0.15, 0.2) is 0 Å². The number of nitrogens with one attached hydrogen (secondary N) is 1. The minimum Gasteiger partial charge on any atom is -0.496 e. The normalized spacial score (nSPS) is 15.4. The molecule has 1 aromatic heterocycles. The van der Waals surface area contributed by atoms with E-state index in [0.29, 0.717) is 30.3 Å². The van der Waals surface area contributed by atoms with Gasteiger partial charge in [-0.25, -0.2) is 4.39 Å². The number of fused-ring (bicyclic) bond motifs is 1. The maximum absolute atomic E-state index is 13.4. The van der Waals surface area contributed by atoms with E-state index in [2.05, 4.69) is 4.98 Å². The molecule has 0 aliphatic carbocycles. The first-order valence-corrected chi connectivity index (χ1v) is 8.86. The Morgan fingerprint density at radius 2 is 1.96 bits per heavy atom. The van der Waals surface area contributed by atoms with Gasteiger partial charge >= 0.3 is 0 Å². The first kappa shape index (κ1) is 16.6. The van der Waals surface area contributed by atoms with Gasteiger partial charge in [0.1, 0.15) is 11.6 Å². The van der Waals surface area contributed by atoms with Crippen molar-refractivity contribution in [2.45, 2.75) is 18.8 Å². The summed E-state index contributed by atoms with van der Waals surface area (Å²) >= 11 is 0. The number of halogens is 1. The van der Waals surface area contributed by atoms with Crippen LogP contribution in [0, 0.1) is 5.82 Å². The Hall–Kier alpha value is -2.82. The molecule has 0 saturated carbocycles. The lowest BCUT2D eigenvalue weighted by Gasteiger charge is -2.32. The molecule has 0 unspecified atom stereocenters. The molecule has 134 valence electrons. The number of carbonyl (C=O) groups excluding carboxylic acids is 1. The van der Waals surface area contributed by atoms with Crippen LogP contribution in [0.5, 0.6) is 5.75 Å². The Labute approximate surface area is 151 Å². The number of H-pyrrole nitrogens is 1. The van der Waals surface area contributed by atoms with Crippen molar-refractivity contribution in [2.24, 2.45) is 0 Å². The highest BCUT2D eigenvalue weighted by molar-refractivity contribution is 5.97. The minimum atomic E-state index is -0.233. The van der Waals surface area contributed by atoms with Gasteiger partial charge in [0.05, 0.1) is 12.7 Å². The number of benzene rings is 2. The first-order valence-electron chi connectivity index (χ1n) is 8.86. The van der Waals surface area contributed by atoms with Gasteiger partial charge in [0.25, 0.3) is 5.91 Å². The molecule has 1 saturated heterocycles. The number of aromatic nitrogens is 1. The average molecular weight is 352 g/mol. The van der Waals surface area contributed by atoms with Crippen LogP contribution in [0.15, 0.2) is 48.7 Å². The lowest BCUT2D eigenvalue weighted by Crippen LogP contribution is -2.38. The number of aromatic amines is 1. The van der Waals surface area contributed by atoms with Crippen molar-refractivity contribution < 1.29 is 13.9 Å². The van der Waals surface area contributed by atoms with E-state index in [1.165, 1.54) is 17.7 Å². The molecule has 2 aromatic carbocycles. The molecule has 1 N–H and O–H groups in total. The van der Waals surface area contributed by atoms with E-state index >= 15 is 0 Å². The topological polar surface area (TPSA) is 45.3 Å². The van der Waals surface area contributed by atoms with Crippen molar-refractivity contribution in [3.63, 3.8) is 0 Å². The molecular weight excluding hydrogens is 331 g/mol. The van der Waals surface area contributed by atoms with Crippen LogP contribution in [-0.2, 0) is 0 Å². The van der Waals surface area contributed by atoms with Gasteiger partial charge in [-0.3, -0.25) is 4.79 Å². The van der Waals surface area contributed by atoms with Gasteiger partial charge in [0, 0.05) is 30.2 Å². The van der Waals surface area contributed by atoms with E-state index in [1.807, 2.05) is 41.4 Å². The number of amides is 1. The smallest absolute Gasteiger partial charge is 0.257 e. The standard InChI is InChI=1S/C21H21FN2O2/c1-26-20-5-3-2-4-17(20)21(25)24-10-8-14(9-11-24)18-13-23-19-12-15(22)6-7-16(18)19/h2-7,12-14,23H,8-11H2,1H3. The quantitative estimate of drug-likeness (QED) is 0.762. The number of rotatable bonds is 3. The zero-order chi connectivity index (χ0) is 18.1. The summed E-state index contributed by atoms with van der Waals surface area (Å²) in [7, 11) is 1.58. The number of likely N-dealkylation sites (tertiary alicyclic amines) is 1. The third-order valence-corrected chi connectivity index (χ3v) is 5.24. The summed E-state index contributed by atoms with van der Waals surface area (Å²) in [6.45, 7) is 1.41. The third kappa shape index (κ3) is 2.94. The summed E-state index contributed by atoms with van der Waals surface area (Å²) in [5.41, 5.74) is 2.65. The van der Waals surface area contributed by atoms with E-state index in [9.17, 15) is 9.18 Å². The molecule has 4 rings (SSSR count). The van der Waals surface area contributed by atoms with Gasteiger partial charge in [-0.1, -0.05) is 12.1 Å². The van der Waals surface area contributed by atoms with E-state index in [0.717, 1.165) is 23.7 Å². The summed E-state index contributed by atoms with van der Waals surface area (Å²) < 4.78 is 18.7. The highest BCUT2D eigenvalue weighted by Gasteiger charge is 2.27. The lowest BCUT2D eigenvalue weighted by atomic mass is 9.89. The van der Waals surface area contributed by atoms with Crippen LogP contribution in [0.3, 0.4) is 0 Å². The molecule has 3 aromatic rings. The van der Waals surface area contributed by atoms with E-state index < -0.39 is 0 Å². The van der Waals surface area contributed by atoms with Gasteiger partial charge in [0.2, 0.25) is 0 Å². The Kier molecular flexibility index (Phi) is 4.37. The second kappa shape index (κ2) is 6.83. The first-order chi connectivity index (χ1) is 12.7. The fraction of sp³-hybridized carbons (Fsp3) is 0.286. The molecule has 0 atom stereocenters. The summed E-state index contributed by atoms with van der Waals surface area (Å²) in [5, 5.41) is 1.07. The van der Waals surface area contributed by atoms with Crippen molar-refractivity contribution in [1.82, 2.24) is 9.88 Å². The molecule has 26 heavy (non-hydrogen) atoms. The number of piperidine rings is 1. The molecule has 0 radical (unpaired) electrons. The molecule has 0 spiro atoms. The van der Waals surface area contributed by atoms with Crippen LogP contribution < -0.4 is 4.74 Å². The van der Waals surface area contributed by atoms with Crippen LogP contribution in [0.4, 0.5) is 4.39 Å². The number of para-hydroxylation sites is 1. The second-order valence-electron chi connectivity index (χ2n) is 6.70. The lowest BCUT2D eigenvalue weighted by molar-refractivity contribution is 0.0710. The van der Waals surface area contributed by atoms with Gasteiger partial charge in [-0.05, 0) is 54.7 Å². The molecular formula is C21H21FN2O2. The Balaban J connectivity index is 1.49. The highest BCUT2D eigenvalue weighted by Crippen LogP contribution is 2.34. The molecule has 1 aliphatic heterocycles. The molecule has 1 fully saturated rings. The van der Waals surface area contributed by atoms with Gasteiger partial charge in [-0.2, -0.15) is 0 Å². The summed E-state index contributed by atoms with van der Waals surface area (Å²) in [4.78, 5) is 17.9. The molecule has 4 nitrogen and oxygen atoms in total. The van der Waals surface area contributed by atoms with Crippen molar-refractivity contribution >= 4 is 16.8 Å². The number of carbonyl (C=O) groups is 1. The molecule has 1 aliphatic rings. The summed E-state index contributed by atoms with van der Waals surface area (Å²) in [6.07, 6.45) is 3.77. The van der Waals surface area contributed by atoms with Crippen LogP contribution in [0.25, 0.3) is 10.9 Å². The fourth-order valence-electron chi connectivity index (χ4n) is 3.84. The number of hydrogen-bond acceptors (Lipinski definition) is 2. The van der Waals surface area contributed by atoms with E-state index in [1.54, 1.807) is 7.11 Å². The summed E-state index contributed by atoms with van der Waals surface area (Å²) in [6, 6.07) is 12.2. The van der Waals surface area contributed by atoms with Crippen LogP contribution in [0.1, 0.15) is 34.7 Å². The van der Waals surface area contributed by atoms with Crippen molar-refractivity contribution in [3.8, 4) is 5.75 Å².